The van der Waals surface area contributed by atoms with E-state index in [-0.39, 0.29) is 5.25 Å². The number of halogens is 1. The molecular formula is C7H14ClNO2S. The van der Waals surface area contributed by atoms with Gasteiger partial charge in [0.2, 0.25) is 10.0 Å². The Balaban J connectivity index is 2.62. The normalized spacial score (nSPS) is 18.6. The van der Waals surface area contributed by atoms with Crippen molar-refractivity contribution in [3.05, 3.63) is 0 Å². The second-order valence-corrected chi connectivity index (χ2v) is 5.52. The van der Waals surface area contributed by atoms with Crippen molar-refractivity contribution >= 4 is 21.6 Å². The van der Waals surface area contributed by atoms with Gasteiger partial charge in [0.1, 0.15) is 0 Å². The summed E-state index contributed by atoms with van der Waals surface area (Å²) in [5.74, 6) is 0.375. The maximum atomic E-state index is 11.6. The molecule has 1 fully saturated rings. The second kappa shape index (κ2) is 3.94. The van der Waals surface area contributed by atoms with Gasteiger partial charge in [0.25, 0.3) is 0 Å². The van der Waals surface area contributed by atoms with Crippen LogP contribution in [-0.4, -0.2) is 36.9 Å². The van der Waals surface area contributed by atoms with Gasteiger partial charge >= 0.3 is 0 Å². The molecule has 0 heterocycles. The van der Waals surface area contributed by atoms with Crippen LogP contribution in [0, 0.1) is 0 Å². The lowest BCUT2D eigenvalue weighted by atomic mass is 10.7. The molecule has 1 saturated carbocycles. The number of nitrogens with zero attached hydrogens (tertiary/aromatic N) is 1. The average Bonchev–Trinajstić information content (AvgIpc) is 2.81. The van der Waals surface area contributed by atoms with Gasteiger partial charge in [-0.15, -0.1) is 11.6 Å². The topological polar surface area (TPSA) is 37.4 Å². The highest BCUT2D eigenvalue weighted by Crippen LogP contribution is 2.30. The summed E-state index contributed by atoms with van der Waals surface area (Å²) in [4.78, 5) is 0. The van der Waals surface area contributed by atoms with E-state index in [9.17, 15) is 8.42 Å². The molecule has 0 atom stereocenters. The molecular weight excluding hydrogens is 198 g/mol. The molecule has 1 rings (SSSR count). The third-order valence-corrected chi connectivity index (χ3v) is 4.64. The van der Waals surface area contributed by atoms with Crippen molar-refractivity contribution < 1.29 is 8.42 Å². The van der Waals surface area contributed by atoms with E-state index >= 15 is 0 Å². The Bertz CT molecular complexity index is 236. The number of rotatable bonds is 5. The molecule has 5 heteroatoms. The van der Waals surface area contributed by atoms with Gasteiger partial charge in [0, 0.05) is 19.0 Å². The number of hydrogen-bond donors (Lipinski definition) is 0. The summed E-state index contributed by atoms with van der Waals surface area (Å²) in [5.41, 5.74) is 0. The van der Waals surface area contributed by atoms with Gasteiger partial charge < -0.3 is 0 Å². The summed E-state index contributed by atoms with van der Waals surface area (Å²) in [5, 5.41) is -0.110. The van der Waals surface area contributed by atoms with Crippen molar-refractivity contribution in [1.29, 1.82) is 0 Å². The molecule has 0 N–H and O–H groups in total. The van der Waals surface area contributed by atoms with Crippen molar-refractivity contribution in [1.82, 2.24) is 4.31 Å². The average molecular weight is 212 g/mol. The SMILES string of the molecule is CCN(CCCl)S(=O)(=O)C1CC1. The van der Waals surface area contributed by atoms with Gasteiger partial charge in [-0.3, -0.25) is 0 Å². The molecule has 0 radical (unpaired) electrons. The van der Waals surface area contributed by atoms with E-state index in [2.05, 4.69) is 0 Å². The van der Waals surface area contributed by atoms with Crippen molar-refractivity contribution in [2.75, 3.05) is 19.0 Å². The molecule has 0 aromatic heterocycles. The molecule has 3 nitrogen and oxygen atoms in total. The van der Waals surface area contributed by atoms with Gasteiger partial charge in [-0.1, -0.05) is 6.92 Å². The fraction of sp³-hybridized carbons (Fsp3) is 1.00. The van der Waals surface area contributed by atoms with Crippen molar-refractivity contribution in [2.45, 2.75) is 25.0 Å². The first-order chi connectivity index (χ1) is 5.62. The lowest BCUT2D eigenvalue weighted by Gasteiger charge is -2.18. The van der Waals surface area contributed by atoms with Crippen LogP contribution >= 0.6 is 11.6 Å². The lowest BCUT2D eigenvalue weighted by Crippen LogP contribution is -2.35. The number of hydrogen-bond acceptors (Lipinski definition) is 2. The van der Waals surface area contributed by atoms with Crippen LogP contribution in [-0.2, 0) is 10.0 Å². The van der Waals surface area contributed by atoms with E-state index < -0.39 is 10.0 Å². The Morgan fingerprint density at radius 2 is 2.08 bits per heavy atom. The molecule has 72 valence electrons. The first-order valence-corrected chi connectivity index (χ1v) is 6.21. The molecule has 0 unspecified atom stereocenters. The number of alkyl halides is 1. The summed E-state index contributed by atoms with van der Waals surface area (Å²) >= 11 is 5.50. The summed E-state index contributed by atoms with van der Waals surface area (Å²) in [6, 6.07) is 0. The molecule has 1 aliphatic rings. The van der Waals surface area contributed by atoms with E-state index in [0.717, 1.165) is 12.8 Å². The van der Waals surface area contributed by atoms with Gasteiger partial charge in [0.15, 0.2) is 0 Å². The van der Waals surface area contributed by atoms with Crippen LogP contribution in [0.2, 0.25) is 0 Å². The van der Waals surface area contributed by atoms with Crippen molar-refractivity contribution in [3.63, 3.8) is 0 Å². The standard InChI is InChI=1S/C7H14ClNO2S/c1-2-9(6-5-8)12(10,11)7-3-4-7/h7H,2-6H2,1H3. The van der Waals surface area contributed by atoms with Crippen LogP contribution in [0.1, 0.15) is 19.8 Å². The van der Waals surface area contributed by atoms with Crippen LogP contribution in [0.3, 0.4) is 0 Å². The van der Waals surface area contributed by atoms with Crippen LogP contribution in [0.4, 0.5) is 0 Å². The van der Waals surface area contributed by atoms with Crippen molar-refractivity contribution in [2.24, 2.45) is 0 Å². The first kappa shape index (κ1) is 10.3. The molecule has 1 aliphatic carbocycles. The van der Waals surface area contributed by atoms with Crippen LogP contribution in [0.25, 0.3) is 0 Å². The van der Waals surface area contributed by atoms with Gasteiger partial charge in [-0.05, 0) is 12.8 Å². The van der Waals surface area contributed by atoms with Crippen LogP contribution in [0.15, 0.2) is 0 Å². The highest BCUT2D eigenvalue weighted by molar-refractivity contribution is 7.90. The Morgan fingerprint density at radius 1 is 1.50 bits per heavy atom. The molecule has 0 aliphatic heterocycles. The fourth-order valence-electron chi connectivity index (χ4n) is 1.14. The van der Waals surface area contributed by atoms with Gasteiger partial charge in [-0.25, -0.2) is 12.7 Å². The summed E-state index contributed by atoms with van der Waals surface area (Å²) in [6.45, 7) is 2.81. The van der Waals surface area contributed by atoms with E-state index in [1.54, 1.807) is 0 Å². The largest absolute Gasteiger partial charge is 0.217 e. The molecule has 0 bridgehead atoms. The van der Waals surface area contributed by atoms with E-state index in [0.29, 0.717) is 19.0 Å². The quantitative estimate of drug-likeness (QED) is 0.638. The third kappa shape index (κ3) is 2.12. The minimum absolute atomic E-state index is 0.110. The zero-order chi connectivity index (χ0) is 9.19. The van der Waals surface area contributed by atoms with E-state index in [1.165, 1.54) is 4.31 Å². The molecule has 0 saturated heterocycles. The summed E-state index contributed by atoms with van der Waals surface area (Å²) < 4.78 is 24.6. The zero-order valence-electron chi connectivity index (χ0n) is 7.16. The predicted molar refractivity (Wildman–Crippen MR) is 49.9 cm³/mol. The highest BCUT2D eigenvalue weighted by Gasteiger charge is 2.39. The minimum Gasteiger partial charge on any atom is -0.212 e. The summed E-state index contributed by atoms with van der Waals surface area (Å²) in [6.07, 6.45) is 1.64. The first-order valence-electron chi connectivity index (χ1n) is 4.17. The van der Waals surface area contributed by atoms with Gasteiger partial charge in [0.05, 0.1) is 5.25 Å². The van der Waals surface area contributed by atoms with Crippen molar-refractivity contribution in [3.8, 4) is 0 Å². The Kier molecular flexibility index (Phi) is 3.37. The maximum absolute atomic E-state index is 11.6. The van der Waals surface area contributed by atoms with Gasteiger partial charge in [-0.2, -0.15) is 0 Å². The predicted octanol–water partition coefficient (Wildman–Crippen LogP) is 1.04. The summed E-state index contributed by atoms with van der Waals surface area (Å²) in [7, 11) is -2.99. The number of sulfonamides is 1. The molecule has 0 amide bonds. The minimum atomic E-state index is -2.99. The molecule has 12 heavy (non-hydrogen) atoms. The Hall–Kier alpha value is 0.200. The maximum Gasteiger partial charge on any atom is 0.217 e. The monoisotopic (exact) mass is 211 g/mol. The zero-order valence-corrected chi connectivity index (χ0v) is 8.74. The Morgan fingerprint density at radius 3 is 2.42 bits per heavy atom. The fourth-order valence-corrected chi connectivity index (χ4v) is 3.30. The van der Waals surface area contributed by atoms with Crippen LogP contribution < -0.4 is 0 Å². The lowest BCUT2D eigenvalue weighted by molar-refractivity contribution is 0.445. The third-order valence-electron chi connectivity index (χ3n) is 1.99. The van der Waals surface area contributed by atoms with Crippen LogP contribution in [0.5, 0.6) is 0 Å². The second-order valence-electron chi connectivity index (χ2n) is 2.92. The van der Waals surface area contributed by atoms with E-state index in [1.807, 2.05) is 6.92 Å². The molecule has 0 aromatic carbocycles. The highest BCUT2D eigenvalue weighted by atomic mass is 35.5. The molecule has 0 spiro atoms. The Labute approximate surface area is 78.7 Å². The van der Waals surface area contributed by atoms with E-state index in [4.69, 9.17) is 11.6 Å². The molecule has 0 aromatic rings. The smallest absolute Gasteiger partial charge is 0.212 e.